The minimum atomic E-state index is -4.69. The van der Waals surface area contributed by atoms with Crippen LogP contribution in [0.1, 0.15) is 16.7 Å². The van der Waals surface area contributed by atoms with Crippen molar-refractivity contribution in [2.45, 2.75) is 19.3 Å². The van der Waals surface area contributed by atoms with Crippen LogP contribution in [0.25, 0.3) is 0 Å². The topological polar surface area (TPSA) is 73.0 Å². The number of rotatable bonds is 6. The minimum Gasteiger partial charge on any atom is -0.380 e. The van der Waals surface area contributed by atoms with Crippen LogP contribution in [-0.2, 0) is 19.3 Å². The Balaban J connectivity index is 1.71. The van der Waals surface area contributed by atoms with E-state index in [2.05, 4.69) is 10.3 Å². The summed E-state index contributed by atoms with van der Waals surface area (Å²) in [7, 11) is 0. The lowest BCUT2D eigenvalue weighted by molar-refractivity contribution is -0.385. The molecule has 0 radical (unpaired) electrons. The highest BCUT2D eigenvalue weighted by Crippen LogP contribution is 2.37. The molecule has 0 aliphatic heterocycles. The van der Waals surface area contributed by atoms with Gasteiger partial charge in [-0.2, -0.15) is 13.2 Å². The zero-order valence-electron chi connectivity index (χ0n) is 14.0. The van der Waals surface area contributed by atoms with Crippen LogP contribution in [0.15, 0.2) is 61.2 Å². The summed E-state index contributed by atoms with van der Waals surface area (Å²) in [4.78, 5) is 13.8. The van der Waals surface area contributed by atoms with Crippen molar-refractivity contribution >= 4 is 11.4 Å². The fourth-order valence-electron chi connectivity index (χ4n) is 2.59. The van der Waals surface area contributed by atoms with Crippen molar-refractivity contribution in [1.82, 2.24) is 9.55 Å². The molecule has 1 N–H and O–H groups in total. The predicted octanol–water partition coefficient (Wildman–Crippen LogP) is 4.47. The van der Waals surface area contributed by atoms with Crippen LogP contribution >= 0.6 is 0 Å². The minimum absolute atomic E-state index is 0.159. The van der Waals surface area contributed by atoms with E-state index >= 15 is 0 Å². The molecule has 0 amide bonds. The Hall–Kier alpha value is -3.36. The van der Waals surface area contributed by atoms with Crippen LogP contribution in [0.4, 0.5) is 24.5 Å². The van der Waals surface area contributed by atoms with E-state index < -0.39 is 22.4 Å². The first kappa shape index (κ1) is 18.4. The Kier molecular flexibility index (Phi) is 5.11. The van der Waals surface area contributed by atoms with Crippen LogP contribution in [0.3, 0.4) is 0 Å². The van der Waals surface area contributed by atoms with Crippen molar-refractivity contribution in [3.8, 4) is 0 Å². The Morgan fingerprint density at radius 3 is 2.41 bits per heavy atom. The summed E-state index contributed by atoms with van der Waals surface area (Å²) in [5.74, 6) is 0. The largest absolute Gasteiger partial charge is 0.418 e. The number of nitrogens with one attached hydrogen (secondary N) is 1. The number of nitro benzene ring substituents is 1. The number of benzene rings is 2. The Labute approximate surface area is 152 Å². The average Bonchev–Trinajstić information content (AvgIpc) is 3.13. The summed E-state index contributed by atoms with van der Waals surface area (Å²) >= 11 is 0. The van der Waals surface area contributed by atoms with E-state index in [1.165, 1.54) is 0 Å². The summed E-state index contributed by atoms with van der Waals surface area (Å²) < 4.78 is 41.4. The highest BCUT2D eigenvalue weighted by atomic mass is 19.4. The normalized spacial score (nSPS) is 11.4. The third kappa shape index (κ3) is 4.63. The van der Waals surface area contributed by atoms with Crippen LogP contribution < -0.4 is 5.32 Å². The fourth-order valence-corrected chi connectivity index (χ4v) is 2.59. The Morgan fingerprint density at radius 2 is 1.81 bits per heavy atom. The number of non-ortho nitro benzene ring substituents is 1. The number of nitro groups is 1. The summed E-state index contributed by atoms with van der Waals surface area (Å²) in [6.45, 7) is 0.806. The van der Waals surface area contributed by atoms with E-state index in [-0.39, 0.29) is 12.2 Å². The van der Waals surface area contributed by atoms with Gasteiger partial charge in [0.2, 0.25) is 0 Å². The van der Waals surface area contributed by atoms with Gasteiger partial charge in [-0.05, 0) is 17.2 Å². The fraction of sp³-hybridized carbons (Fsp3) is 0.167. The van der Waals surface area contributed by atoms with E-state index in [1.807, 2.05) is 35.0 Å². The number of hydrogen-bond acceptors (Lipinski definition) is 4. The van der Waals surface area contributed by atoms with Gasteiger partial charge in [0.05, 0.1) is 16.8 Å². The average molecular weight is 376 g/mol. The number of aromatic nitrogens is 2. The van der Waals surface area contributed by atoms with Crippen molar-refractivity contribution in [2.75, 3.05) is 5.32 Å². The third-order valence-electron chi connectivity index (χ3n) is 3.95. The molecule has 3 aromatic rings. The van der Waals surface area contributed by atoms with Crippen LogP contribution in [0.2, 0.25) is 0 Å². The van der Waals surface area contributed by atoms with Gasteiger partial charge < -0.3 is 9.88 Å². The first-order valence-electron chi connectivity index (χ1n) is 7.96. The third-order valence-corrected chi connectivity index (χ3v) is 3.95. The number of anilines is 1. The van der Waals surface area contributed by atoms with Gasteiger partial charge in [-0.3, -0.25) is 10.1 Å². The second-order valence-corrected chi connectivity index (χ2v) is 5.89. The molecule has 0 aliphatic carbocycles. The molecule has 6 nitrogen and oxygen atoms in total. The standard InChI is InChI=1S/C18H15F3N4O2/c19-18(20,21)16-9-15(25(26)27)5-6-17(16)23-10-13-1-3-14(4-2-13)11-24-8-7-22-12-24/h1-9,12,23H,10-11H2. The molecule has 0 fully saturated rings. The number of nitrogens with zero attached hydrogens (tertiary/aromatic N) is 3. The first-order valence-corrected chi connectivity index (χ1v) is 7.96. The molecule has 1 aromatic heterocycles. The predicted molar refractivity (Wildman–Crippen MR) is 93.2 cm³/mol. The zero-order valence-corrected chi connectivity index (χ0v) is 14.0. The molecule has 3 rings (SSSR count). The van der Waals surface area contributed by atoms with Crippen molar-refractivity contribution in [1.29, 1.82) is 0 Å². The van der Waals surface area contributed by atoms with Crippen molar-refractivity contribution in [3.05, 3.63) is 88.0 Å². The highest BCUT2D eigenvalue weighted by molar-refractivity contribution is 5.57. The van der Waals surface area contributed by atoms with Gasteiger partial charge in [0, 0.05) is 43.3 Å². The van der Waals surface area contributed by atoms with Crippen molar-refractivity contribution in [2.24, 2.45) is 0 Å². The van der Waals surface area contributed by atoms with E-state index in [4.69, 9.17) is 0 Å². The van der Waals surface area contributed by atoms with Crippen LogP contribution in [0.5, 0.6) is 0 Å². The quantitative estimate of drug-likeness (QED) is 0.509. The van der Waals surface area contributed by atoms with E-state index in [1.54, 1.807) is 12.5 Å². The van der Waals surface area contributed by atoms with E-state index in [9.17, 15) is 23.3 Å². The summed E-state index contributed by atoms with van der Waals surface area (Å²) in [5.41, 5.74) is -0.0420. The van der Waals surface area contributed by atoms with Gasteiger partial charge in [0.1, 0.15) is 0 Å². The molecule has 0 saturated heterocycles. The molecule has 0 bridgehead atoms. The molecule has 1 heterocycles. The van der Waals surface area contributed by atoms with Gasteiger partial charge >= 0.3 is 6.18 Å². The highest BCUT2D eigenvalue weighted by Gasteiger charge is 2.35. The van der Waals surface area contributed by atoms with Gasteiger partial charge in [-0.25, -0.2) is 4.98 Å². The number of halogens is 3. The van der Waals surface area contributed by atoms with Crippen molar-refractivity contribution < 1.29 is 18.1 Å². The van der Waals surface area contributed by atoms with Gasteiger partial charge in [-0.1, -0.05) is 24.3 Å². The second-order valence-electron chi connectivity index (χ2n) is 5.89. The lowest BCUT2D eigenvalue weighted by Gasteiger charge is -2.14. The molecule has 0 atom stereocenters. The first-order chi connectivity index (χ1) is 12.8. The molecular formula is C18H15F3N4O2. The Bertz CT molecular complexity index is 923. The zero-order chi connectivity index (χ0) is 19.4. The maximum absolute atomic E-state index is 13.2. The van der Waals surface area contributed by atoms with Gasteiger partial charge in [-0.15, -0.1) is 0 Å². The maximum Gasteiger partial charge on any atom is 0.418 e. The number of hydrogen-bond donors (Lipinski definition) is 1. The van der Waals surface area contributed by atoms with Gasteiger partial charge in [0.25, 0.3) is 5.69 Å². The van der Waals surface area contributed by atoms with E-state index in [0.29, 0.717) is 12.6 Å². The van der Waals surface area contributed by atoms with Gasteiger partial charge in [0.15, 0.2) is 0 Å². The van der Waals surface area contributed by atoms with Crippen molar-refractivity contribution in [3.63, 3.8) is 0 Å². The smallest absolute Gasteiger partial charge is 0.380 e. The summed E-state index contributed by atoms with van der Waals surface area (Å²) in [6, 6.07) is 10.1. The number of imidazole rings is 1. The second kappa shape index (κ2) is 7.48. The molecule has 0 spiro atoms. The van der Waals surface area contributed by atoms with Crippen LogP contribution in [0, 0.1) is 10.1 Å². The molecule has 0 aliphatic rings. The summed E-state index contributed by atoms with van der Waals surface area (Å²) in [5, 5.41) is 13.4. The SMILES string of the molecule is O=[N+]([O-])c1ccc(NCc2ccc(Cn3ccnc3)cc2)c(C(F)(F)F)c1. The molecule has 140 valence electrons. The Morgan fingerprint density at radius 1 is 1.11 bits per heavy atom. The molecule has 0 unspecified atom stereocenters. The molecule has 9 heteroatoms. The lowest BCUT2D eigenvalue weighted by atomic mass is 10.1. The maximum atomic E-state index is 13.2. The van der Waals surface area contributed by atoms with E-state index in [0.717, 1.165) is 23.3 Å². The molecule has 2 aromatic carbocycles. The monoisotopic (exact) mass is 376 g/mol. The molecular weight excluding hydrogens is 361 g/mol. The van der Waals surface area contributed by atoms with Crippen LogP contribution in [-0.4, -0.2) is 14.5 Å². The molecule has 0 saturated carbocycles. The lowest BCUT2D eigenvalue weighted by Crippen LogP contribution is -2.11. The summed E-state index contributed by atoms with van der Waals surface area (Å²) in [6.07, 6.45) is 0.523. The number of alkyl halides is 3. The molecule has 27 heavy (non-hydrogen) atoms.